The number of carboxylic acids is 1. The van der Waals surface area contributed by atoms with E-state index in [2.05, 4.69) is 0 Å². The van der Waals surface area contributed by atoms with Crippen LogP contribution in [0, 0.1) is 0 Å². The van der Waals surface area contributed by atoms with Crippen molar-refractivity contribution >= 4 is 5.97 Å². The molecule has 0 bridgehead atoms. The van der Waals surface area contributed by atoms with E-state index in [4.69, 9.17) is 10.8 Å². The molecule has 0 amide bonds. The van der Waals surface area contributed by atoms with Crippen LogP contribution in [0.25, 0.3) is 0 Å². The number of carboxylic acid groups (broad SMARTS) is 1. The Hall–Kier alpha value is -1.55. The van der Waals surface area contributed by atoms with E-state index in [1.807, 2.05) is 0 Å². The third kappa shape index (κ3) is 1.54. The predicted molar refractivity (Wildman–Crippen MR) is 40.7 cm³/mol. The number of hydrogen-bond acceptors (Lipinski definition) is 3. The van der Waals surface area contributed by atoms with Crippen LogP contribution < -0.4 is 10.8 Å². The van der Waals surface area contributed by atoms with Crippen molar-refractivity contribution in [1.29, 1.82) is 0 Å². The molecule has 0 aliphatic heterocycles. The summed E-state index contributed by atoms with van der Waals surface area (Å²) in [6, 6.07) is 4.03. The molecule has 0 radical (unpaired) electrons. The minimum atomic E-state index is -1.21. The van der Waals surface area contributed by atoms with Crippen LogP contribution in [0.5, 0.6) is 5.75 Å². The molecule has 12 heavy (non-hydrogen) atoms. The van der Waals surface area contributed by atoms with Crippen molar-refractivity contribution in [3.8, 4) is 5.75 Å². The van der Waals surface area contributed by atoms with Crippen molar-refractivity contribution in [2.24, 2.45) is 5.73 Å². The Morgan fingerprint density at radius 1 is 1.58 bits per heavy atom. The second-order valence-electron chi connectivity index (χ2n) is 2.34. The topological polar surface area (TPSA) is 86.4 Å². The first-order chi connectivity index (χ1) is 5.65. The molecule has 0 fully saturated rings. The molecule has 0 aliphatic carbocycles. The summed E-state index contributed by atoms with van der Waals surface area (Å²) in [6.45, 7) is 0.237. The van der Waals surface area contributed by atoms with Gasteiger partial charge in [-0.2, -0.15) is 0 Å². The second kappa shape index (κ2) is 3.23. The molecule has 4 nitrogen and oxygen atoms in total. The molecule has 0 unspecified atom stereocenters. The van der Waals surface area contributed by atoms with E-state index in [1.54, 1.807) is 0 Å². The molecule has 4 heteroatoms. The first-order valence-corrected chi connectivity index (χ1v) is 3.38. The third-order valence-corrected chi connectivity index (χ3v) is 1.51. The van der Waals surface area contributed by atoms with Gasteiger partial charge in [0.1, 0.15) is 0 Å². The molecular weight excluding hydrogens is 158 g/mol. The predicted octanol–water partition coefficient (Wildman–Crippen LogP) is -0.0829. The van der Waals surface area contributed by atoms with E-state index in [1.165, 1.54) is 18.2 Å². The number of benzene rings is 1. The van der Waals surface area contributed by atoms with E-state index in [0.29, 0.717) is 5.56 Å². The lowest BCUT2D eigenvalue weighted by molar-refractivity contribution is -0.268. The van der Waals surface area contributed by atoms with E-state index in [-0.39, 0.29) is 12.1 Å². The van der Waals surface area contributed by atoms with Gasteiger partial charge in [0.2, 0.25) is 0 Å². The first kappa shape index (κ1) is 8.55. The van der Waals surface area contributed by atoms with Gasteiger partial charge in [-0.15, -0.1) is 0 Å². The second-order valence-corrected chi connectivity index (χ2v) is 2.34. The maximum Gasteiger partial charge on any atom is 0.335 e. The lowest BCUT2D eigenvalue weighted by Gasteiger charge is -2.10. The van der Waals surface area contributed by atoms with Gasteiger partial charge < -0.3 is 15.9 Å². The maximum absolute atomic E-state index is 10.9. The van der Waals surface area contributed by atoms with Gasteiger partial charge in [0.15, 0.2) is 0 Å². The van der Waals surface area contributed by atoms with Crippen molar-refractivity contribution < 1.29 is 15.0 Å². The Bertz CT molecular complexity index is 309. The summed E-state index contributed by atoms with van der Waals surface area (Å²) >= 11 is 0. The van der Waals surface area contributed by atoms with Crippen molar-refractivity contribution in [1.82, 2.24) is 0 Å². The fourth-order valence-electron chi connectivity index (χ4n) is 0.871. The van der Waals surface area contributed by atoms with Crippen LogP contribution in [0.15, 0.2) is 18.2 Å². The lowest BCUT2D eigenvalue weighted by Crippen LogP contribution is -2.06. The number of carbonyl (C=O) groups is 1. The Kier molecular flexibility index (Phi) is 2.30. The zero-order valence-electron chi connectivity index (χ0n) is 6.28. The van der Waals surface area contributed by atoms with Crippen LogP contribution in [0.4, 0.5) is 0 Å². The van der Waals surface area contributed by atoms with Crippen molar-refractivity contribution in [2.75, 3.05) is 0 Å². The minimum absolute atomic E-state index is 0.224. The monoisotopic (exact) mass is 166 g/mol. The number of nitrogens with two attached hydrogens (primary N) is 1. The minimum Gasteiger partial charge on any atom is -0.872 e. The van der Waals surface area contributed by atoms with Crippen LogP contribution in [0.1, 0.15) is 15.9 Å². The Morgan fingerprint density at radius 3 is 2.75 bits per heavy atom. The van der Waals surface area contributed by atoms with Gasteiger partial charge in [-0.3, -0.25) is 0 Å². The van der Waals surface area contributed by atoms with Gasteiger partial charge in [0.05, 0.1) is 5.56 Å². The van der Waals surface area contributed by atoms with Crippen LogP contribution in [-0.4, -0.2) is 11.1 Å². The molecule has 0 atom stereocenters. The summed E-state index contributed by atoms with van der Waals surface area (Å²) in [5, 5.41) is 19.5. The molecular formula is C8H8NO3-. The van der Waals surface area contributed by atoms with Gasteiger partial charge in [-0.25, -0.2) is 4.79 Å². The molecule has 1 rings (SSSR count). The Labute approximate surface area is 69.3 Å². The third-order valence-electron chi connectivity index (χ3n) is 1.51. The van der Waals surface area contributed by atoms with Crippen molar-refractivity contribution in [3.05, 3.63) is 29.3 Å². The van der Waals surface area contributed by atoms with Crippen LogP contribution in [-0.2, 0) is 6.54 Å². The molecule has 0 saturated carbocycles. The molecule has 1 aromatic carbocycles. The molecule has 1 aromatic rings. The number of hydrogen-bond donors (Lipinski definition) is 2. The largest absolute Gasteiger partial charge is 0.872 e. The fourth-order valence-corrected chi connectivity index (χ4v) is 0.871. The average Bonchev–Trinajstić information content (AvgIpc) is 2.05. The van der Waals surface area contributed by atoms with Gasteiger partial charge >= 0.3 is 5.97 Å². The van der Waals surface area contributed by atoms with Crippen LogP contribution in [0.3, 0.4) is 0 Å². The van der Waals surface area contributed by atoms with Gasteiger partial charge in [-0.05, 0) is 11.6 Å². The SMILES string of the molecule is NCc1ccc([O-])c(C(=O)O)c1. The summed E-state index contributed by atoms with van der Waals surface area (Å²) < 4.78 is 0. The molecule has 0 aromatic heterocycles. The lowest BCUT2D eigenvalue weighted by atomic mass is 10.1. The van der Waals surface area contributed by atoms with E-state index in [9.17, 15) is 9.90 Å². The number of rotatable bonds is 2. The highest BCUT2D eigenvalue weighted by Crippen LogP contribution is 2.14. The Morgan fingerprint density at radius 2 is 2.25 bits per heavy atom. The van der Waals surface area contributed by atoms with Crippen molar-refractivity contribution in [3.63, 3.8) is 0 Å². The van der Waals surface area contributed by atoms with Crippen molar-refractivity contribution in [2.45, 2.75) is 6.54 Å². The van der Waals surface area contributed by atoms with E-state index >= 15 is 0 Å². The summed E-state index contributed by atoms with van der Waals surface area (Å²) in [5.74, 6) is -1.70. The Balaban J connectivity index is 3.17. The highest BCUT2D eigenvalue weighted by molar-refractivity contribution is 5.90. The average molecular weight is 166 g/mol. The maximum atomic E-state index is 10.9. The highest BCUT2D eigenvalue weighted by atomic mass is 16.4. The first-order valence-electron chi connectivity index (χ1n) is 3.38. The summed E-state index contributed by atoms with van der Waals surface area (Å²) in [6.07, 6.45) is 0. The summed E-state index contributed by atoms with van der Waals surface area (Å²) in [4.78, 5) is 10.4. The standard InChI is InChI=1S/C8H9NO3/c9-4-5-1-2-7(10)6(3-5)8(11)12/h1-3,10H,4,9H2,(H,11,12)/p-1. The van der Waals surface area contributed by atoms with E-state index < -0.39 is 11.7 Å². The molecule has 0 saturated heterocycles. The van der Waals surface area contributed by atoms with Gasteiger partial charge in [-0.1, -0.05) is 17.9 Å². The molecule has 64 valence electrons. The molecule has 3 N–H and O–H groups in total. The summed E-state index contributed by atoms with van der Waals surface area (Å²) in [7, 11) is 0. The van der Waals surface area contributed by atoms with Gasteiger partial charge in [0.25, 0.3) is 0 Å². The smallest absolute Gasteiger partial charge is 0.335 e. The summed E-state index contributed by atoms with van der Waals surface area (Å²) in [5.41, 5.74) is 5.70. The number of aromatic carboxylic acids is 1. The van der Waals surface area contributed by atoms with Gasteiger partial charge in [0, 0.05) is 6.54 Å². The van der Waals surface area contributed by atoms with E-state index in [0.717, 1.165) is 0 Å². The highest BCUT2D eigenvalue weighted by Gasteiger charge is 2.03. The van der Waals surface area contributed by atoms with Crippen LogP contribution >= 0.6 is 0 Å². The molecule has 0 heterocycles. The fraction of sp³-hybridized carbons (Fsp3) is 0.125. The zero-order valence-corrected chi connectivity index (χ0v) is 6.28. The molecule has 0 spiro atoms. The van der Waals surface area contributed by atoms with Crippen LogP contribution in [0.2, 0.25) is 0 Å². The molecule has 0 aliphatic rings. The normalized spacial score (nSPS) is 9.75. The zero-order chi connectivity index (χ0) is 9.14. The quantitative estimate of drug-likeness (QED) is 0.643.